The van der Waals surface area contributed by atoms with Crippen molar-refractivity contribution in [3.8, 4) is 11.6 Å². The molecule has 21 heavy (non-hydrogen) atoms. The maximum atomic E-state index is 12.2. The van der Waals surface area contributed by atoms with E-state index in [1.54, 1.807) is 0 Å². The van der Waals surface area contributed by atoms with Gasteiger partial charge < -0.3 is 9.47 Å². The maximum Gasteiger partial charge on any atom is 0.573 e. The number of ether oxygens (including phenoxy) is 2. The van der Waals surface area contributed by atoms with Crippen molar-refractivity contribution in [3.05, 3.63) is 23.9 Å². The van der Waals surface area contributed by atoms with Crippen LogP contribution in [0.15, 0.2) is 18.2 Å². The van der Waals surface area contributed by atoms with Gasteiger partial charge in [0.05, 0.1) is 17.1 Å². The molecular weight excluding hydrogens is 285 g/mol. The average molecular weight is 300 g/mol. The van der Waals surface area contributed by atoms with Gasteiger partial charge in [-0.3, -0.25) is 0 Å². The highest BCUT2D eigenvalue weighted by atomic mass is 19.4. The fourth-order valence-corrected chi connectivity index (χ4v) is 1.80. The predicted octanol–water partition coefficient (Wildman–Crippen LogP) is 3.88. The molecular formula is C14H15F3N2O2. The number of hydrogen-bond acceptors (Lipinski definition) is 4. The van der Waals surface area contributed by atoms with E-state index < -0.39 is 6.36 Å². The Bertz CT molecular complexity index is 642. The molecule has 0 saturated heterocycles. The molecule has 4 nitrogen and oxygen atoms in total. The molecule has 0 bridgehead atoms. The van der Waals surface area contributed by atoms with Gasteiger partial charge in [-0.2, -0.15) is 0 Å². The number of aryl methyl sites for hydroxylation is 1. The SMILES string of the molecule is CCc1nc2cc(OC(F)(F)F)ccc2nc1OC(C)C. The Balaban J connectivity index is 2.44. The number of halogens is 3. The van der Waals surface area contributed by atoms with Crippen molar-refractivity contribution in [1.82, 2.24) is 9.97 Å². The lowest BCUT2D eigenvalue weighted by Gasteiger charge is -2.13. The Hall–Kier alpha value is -2.05. The zero-order chi connectivity index (χ0) is 15.6. The molecule has 7 heteroatoms. The third kappa shape index (κ3) is 3.96. The fourth-order valence-electron chi connectivity index (χ4n) is 1.80. The summed E-state index contributed by atoms with van der Waals surface area (Å²) < 4.78 is 46.1. The third-order valence-electron chi connectivity index (χ3n) is 2.59. The van der Waals surface area contributed by atoms with Gasteiger partial charge in [0.2, 0.25) is 5.88 Å². The van der Waals surface area contributed by atoms with Gasteiger partial charge in [-0.15, -0.1) is 13.2 Å². The Labute approximate surface area is 119 Å². The molecule has 0 aliphatic heterocycles. The van der Waals surface area contributed by atoms with Gasteiger partial charge in [-0.1, -0.05) is 6.92 Å². The number of benzene rings is 1. The van der Waals surface area contributed by atoms with Crippen molar-refractivity contribution in [2.24, 2.45) is 0 Å². The van der Waals surface area contributed by atoms with E-state index in [-0.39, 0.29) is 11.9 Å². The summed E-state index contributed by atoms with van der Waals surface area (Å²) in [6.07, 6.45) is -4.22. The Kier molecular flexibility index (Phi) is 4.20. The number of fused-ring (bicyclic) bond motifs is 1. The Morgan fingerprint density at radius 2 is 1.86 bits per heavy atom. The molecule has 0 atom stereocenters. The van der Waals surface area contributed by atoms with Crippen LogP contribution in [0.25, 0.3) is 11.0 Å². The normalized spacial score (nSPS) is 12.0. The molecule has 0 aliphatic rings. The van der Waals surface area contributed by atoms with E-state index in [9.17, 15) is 13.2 Å². The molecule has 114 valence electrons. The first-order valence-corrected chi connectivity index (χ1v) is 6.51. The molecule has 0 saturated carbocycles. The van der Waals surface area contributed by atoms with Gasteiger partial charge in [-0.05, 0) is 32.4 Å². The van der Waals surface area contributed by atoms with Crippen molar-refractivity contribution in [1.29, 1.82) is 0 Å². The first-order valence-electron chi connectivity index (χ1n) is 6.51. The largest absolute Gasteiger partial charge is 0.573 e. The monoisotopic (exact) mass is 300 g/mol. The van der Waals surface area contributed by atoms with E-state index in [1.807, 2.05) is 20.8 Å². The van der Waals surface area contributed by atoms with Crippen molar-refractivity contribution in [2.45, 2.75) is 39.7 Å². The topological polar surface area (TPSA) is 44.2 Å². The summed E-state index contributed by atoms with van der Waals surface area (Å²) in [6.45, 7) is 5.61. The van der Waals surface area contributed by atoms with Crippen LogP contribution < -0.4 is 9.47 Å². The molecule has 1 aromatic heterocycles. The average Bonchev–Trinajstić information content (AvgIpc) is 2.35. The lowest BCUT2D eigenvalue weighted by molar-refractivity contribution is -0.274. The highest BCUT2D eigenvalue weighted by Gasteiger charge is 2.31. The second kappa shape index (κ2) is 5.75. The zero-order valence-electron chi connectivity index (χ0n) is 11.9. The Morgan fingerprint density at radius 3 is 2.43 bits per heavy atom. The summed E-state index contributed by atoms with van der Waals surface area (Å²) in [5.74, 6) is 0.0911. The zero-order valence-corrected chi connectivity index (χ0v) is 11.9. The summed E-state index contributed by atoms with van der Waals surface area (Å²) in [6, 6.07) is 3.85. The van der Waals surface area contributed by atoms with Crippen molar-refractivity contribution in [3.63, 3.8) is 0 Å². The molecule has 0 N–H and O–H groups in total. The quantitative estimate of drug-likeness (QED) is 0.859. The summed E-state index contributed by atoms with van der Waals surface area (Å²) in [4.78, 5) is 8.60. The molecule has 0 amide bonds. The first-order chi connectivity index (χ1) is 9.78. The van der Waals surface area contributed by atoms with E-state index >= 15 is 0 Å². The van der Waals surface area contributed by atoms with E-state index in [1.165, 1.54) is 18.2 Å². The van der Waals surface area contributed by atoms with Crippen LogP contribution in [0.3, 0.4) is 0 Å². The Morgan fingerprint density at radius 1 is 1.14 bits per heavy atom. The lowest BCUT2D eigenvalue weighted by atomic mass is 10.2. The van der Waals surface area contributed by atoms with Crippen LogP contribution >= 0.6 is 0 Å². The van der Waals surface area contributed by atoms with Crippen molar-refractivity contribution in [2.75, 3.05) is 0 Å². The van der Waals surface area contributed by atoms with E-state index in [2.05, 4.69) is 14.7 Å². The van der Waals surface area contributed by atoms with Gasteiger partial charge in [0.15, 0.2) is 0 Å². The van der Waals surface area contributed by atoms with Crippen LogP contribution in [-0.2, 0) is 6.42 Å². The minimum Gasteiger partial charge on any atom is -0.474 e. The molecule has 1 heterocycles. The minimum atomic E-state index is -4.73. The first kappa shape index (κ1) is 15.3. The minimum absolute atomic E-state index is 0.0603. The molecule has 0 radical (unpaired) electrons. The van der Waals surface area contributed by atoms with Crippen LogP contribution in [0, 0.1) is 0 Å². The molecule has 1 aromatic carbocycles. The van der Waals surface area contributed by atoms with Crippen LogP contribution in [0.1, 0.15) is 26.5 Å². The summed E-state index contributed by atoms with van der Waals surface area (Å²) in [5.41, 5.74) is 1.39. The number of hydrogen-bond donors (Lipinski definition) is 0. The van der Waals surface area contributed by atoms with E-state index in [0.717, 1.165) is 0 Å². The standard InChI is InChI=1S/C14H15F3N2O2/c1-4-10-13(20-8(2)3)19-11-6-5-9(7-12(11)18-10)21-14(15,16)17/h5-8H,4H2,1-3H3. The van der Waals surface area contributed by atoms with Gasteiger partial charge in [0.25, 0.3) is 0 Å². The molecule has 0 fully saturated rings. The van der Waals surface area contributed by atoms with Crippen LogP contribution in [0.4, 0.5) is 13.2 Å². The lowest BCUT2D eigenvalue weighted by Crippen LogP contribution is -2.17. The van der Waals surface area contributed by atoms with Gasteiger partial charge >= 0.3 is 6.36 Å². The van der Waals surface area contributed by atoms with Crippen molar-refractivity contribution >= 4 is 11.0 Å². The van der Waals surface area contributed by atoms with Crippen LogP contribution in [-0.4, -0.2) is 22.4 Å². The predicted molar refractivity (Wildman–Crippen MR) is 71.4 cm³/mol. The molecule has 2 aromatic rings. The van der Waals surface area contributed by atoms with Gasteiger partial charge in [-0.25, -0.2) is 9.97 Å². The highest BCUT2D eigenvalue weighted by Crippen LogP contribution is 2.27. The fraction of sp³-hybridized carbons (Fsp3) is 0.429. The summed E-state index contributed by atoms with van der Waals surface area (Å²) in [7, 11) is 0. The van der Waals surface area contributed by atoms with E-state index in [4.69, 9.17) is 4.74 Å². The van der Waals surface area contributed by atoms with Crippen LogP contribution in [0.5, 0.6) is 11.6 Å². The van der Waals surface area contributed by atoms with Crippen LogP contribution in [0.2, 0.25) is 0 Å². The number of rotatable bonds is 4. The number of aromatic nitrogens is 2. The van der Waals surface area contributed by atoms with Gasteiger partial charge in [0.1, 0.15) is 11.4 Å². The smallest absolute Gasteiger partial charge is 0.474 e. The van der Waals surface area contributed by atoms with Crippen molar-refractivity contribution < 1.29 is 22.6 Å². The molecule has 0 unspecified atom stereocenters. The summed E-state index contributed by atoms with van der Waals surface area (Å²) >= 11 is 0. The van der Waals surface area contributed by atoms with Gasteiger partial charge in [0, 0.05) is 6.07 Å². The maximum absolute atomic E-state index is 12.2. The molecule has 0 spiro atoms. The highest BCUT2D eigenvalue weighted by molar-refractivity contribution is 5.76. The second-order valence-corrected chi connectivity index (χ2v) is 4.69. The number of alkyl halides is 3. The summed E-state index contributed by atoms with van der Waals surface area (Å²) in [5, 5.41) is 0. The van der Waals surface area contributed by atoms with E-state index in [0.29, 0.717) is 29.0 Å². The second-order valence-electron chi connectivity index (χ2n) is 4.69. The molecule has 2 rings (SSSR count). The third-order valence-corrected chi connectivity index (χ3v) is 2.59. The number of nitrogens with zero attached hydrogens (tertiary/aromatic N) is 2. The molecule has 0 aliphatic carbocycles.